The van der Waals surface area contributed by atoms with Gasteiger partial charge in [-0.25, -0.2) is 4.98 Å². The van der Waals surface area contributed by atoms with Crippen LogP contribution in [0.3, 0.4) is 0 Å². The molecule has 2 aromatic rings. The Kier molecular flexibility index (Phi) is 4.82. The fraction of sp³-hybridized carbons (Fsp3) is 0.643. The van der Waals surface area contributed by atoms with Crippen LogP contribution in [0.15, 0.2) is 4.79 Å². The molecule has 3 atom stereocenters. The number of ether oxygens (including phenoxy) is 1. The van der Waals surface area contributed by atoms with E-state index in [2.05, 4.69) is 15.0 Å². The fourth-order valence-corrected chi connectivity index (χ4v) is 2.77. The number of rotatable bonds is 2. The molecule has 2 unspecified atom stereocenters. The van der Waals surface area contributed by atoms with E-state index >= 15 is 0 Å². The van der Waals surface area contributed by atoms with Crippen LogP contribution >= 0.6 is 0 Å². The first-order valence-electron chi connectivity index (χ1n) is 7.52. The maximum atomic E-state index is 11.8. The number of aromatic amines is 1. The molecule has 8 heteroatoms. The standard InChI is InChI=1S/C12H17N5O3.C2H6/c1-5-3-7(4-18)20-11(5)17-6(2)14-8-9(17)15-12(13)16-10(8)19;1-2/h5,7,11,18H,3-4H2,1-2H3,(H3,13,15,16,19);1-2H3/t5?,7-,11?;/m0./s1. The summed E-state index contributed by atoms with van der Waals surface area (Å²) < 4.78 is 7.59. The van der Waals surface area contributed by atoms with Gasteiger partial charge in [0, 0.05) is 5.92 Å². The Morgan fingerprint density at radius 2 is 2.14 bits per heavy atom. The smallest absolute Gasteiger partial charge is 0.280 e. The summed E-state index contributed by atoms with van der Waals surface area (Å²) in [6.45, 7) is 7.80. The number of nitrogens with two attached hydrogens (primary N) is 1. The van der Waals surface area contributed by atoms with Crippen LogP contribution in [-0.4, -0.2) is 37.3 Å². The molecule has 0 aromatic carbocycles. The molecule has 122 valence electrons. The molecule has 2 aromatic heterocycles. The highest BCUT2D eigenvalue weighted by Gasteiger charge is 2.35. The molecule has 1 aliphatic heterocycles. The van der Waals surface area contributed by atoms with Gasteiger partial charge in [0.05, 0.1) is 12.7 Å². The van der Waals surface area contributed by atoms with Crippen LogP contribution < -0.4 is 11.3 Å². The third kappa shape index (κ3) is 2.71. The number of aliphatic hydroxyl groups excluding tert-OH is 1. The number of fused-ring (bicyclic) bond motifs is 1. The SMILES string of the molecule is CC.Cc1nc2c(=O)[nH]c(N)nc2n1C1O[C@H](CO)CC1C. The van der Waals surface area contributed by atoms with E-state index in [0.29, 0.717) is 11.5 Å². The number of H-pyrrole nitrogens is 1. The van der Waals surface area contributed by atoms with Gasteiger partial charge in [0.15, 0.2) is 11.2 Å². The van der Waals surface area contributed by atoms with Crippen LogP contribution in [0.25, 0.3) is 11.2 Å². The second kappa shape index (κ2) is 6.45. The van der Waals surface area contributed by atoms with Crippen LogP contribution in [0.1, 0.15) is 39.2 Å². The van der Waals surface area contributed by atoms with Crippen LogP contribution in [0.2, 0.25) is 0 Å². The molecule has 4 N–H and O–H groups in total. The summed E-state index contributed by atoms with van der Waals surface area (Å²) in [5.41, 5.74) is 5.90. The van der Waals surface area contributed by atoms with Gasteiger partial charge in [-0.3, -0.25) is 14.3 Å². The number of aryl methyl sites for hydroxylation is 1. The Morgan fingerprint density at radius 3 is 2.73 bits per heavy atom. The lowest BCUT2D eigenvalue weighted by Crippen LogP contribution is -2.18. The van der Waals surface area contributed by atoms with Crippen molar-refractivity contribution in [2.45, 2.75) is 46.4 Å². The van der Waals surface area contributed by atoms with Crippen molar-refractivity contribution in [1.29, 1.82) is 0 Å². The number of nitrogens with zero attached hydrogens (tertiary/aromatic N) is 3. The summed E-state index contributed by atoms with van der Waals surface area (Å²) in [5, 5.41) is 9.23. The highest BCUT2D eigenvalue weighted by molar-refractivity contribution is 5.71. The molecule has 0 amide bonds. The molecule has 0 spiro atoms. The molecule has 0 saturated carbocycles. The van der Waals surface area contributed by atoms with E-state index in [9.17, 15) is 9.90 Å². The van der Waals surface area contributed by atoms with Gasteiger partial charge in [0.1, 0.15) is 12.1 Å². The minimum absolute atomic E-state index is 0.0251. The summed E-state index contributed by atoms with van der Waals surface area (Å²) in [7, 11) is 0. The predicted molar refractivity (Wildman–Crippen MR) is 83.4 cm³/mol. The van der Waals surface area contributed by atoms with E-state index in [1.165, 1.54) is 0 Å². The van der Waals surface area contributed by atoms with Gasteiger partial charge in [0.25, 0.3) is 5.56 Å². The largest absolute Gasteiger partial charge is 0.394 e. The molecular weight excluding hydrogens is 286 g/mol. The molecule has 1 saturated heterocycles. The molecule has 1 fully saturated rings. The molecule has 22 heavy (non-hydrogen) atoms. The third-order valence-electron chi connectivity index (χ3n) is 3.66. The van der Waals surface area contributed by atoms with E-state index in [0.717, 1.165) is 6.42 Å². The number of nitrogens with one attached hydrogen (secondary N) is 1. The second-order valence-corrected chi connectivity index (χ2v) is 5.20. The molecule has 8 nitrogen and oxygen atoms in total. The van der Waals surface area contributed by atoms with Crippen molar-refractivity contribution < 1.29 is 9.84 Å². The molecule has 3 rings (SSSR count). The minimum atomic E-state index is -0.362. The van der Waals surface area contributed by atoms with Gasteiger partial charge in [-0.1, -0.05) is 20.8 Å². The Hall–Kier alpha value is -1.93. The first-order valence-corrected chi connectivity index (χ1v) is 7.52. The van der Waals surface area contributed by atoms with E-state index in [-0.39, 0.29) is 41.9 Å². The lowest BCUT2D eigenvalue weighted by atomic mass is 10.1. The normalized spacial score (nSPS) is 24.3. The first-order chi connectivity index (χ1) is 10.5. The predicted octanol–water partition coefficient (Wildman–Crippen LogP) is 0.952. The Morgan fingerprint density at radius 1 is 1.45 bits per heavy atom. The zero-order valence-corrected chi connectivity index (χ0v) is 13.3. The van der Waals surface area contributed by atoms with Crippen molar-refractivity contribution in [1.82, 2.24) is 19.5 Å². The van der Waals surface area contributed by atoms with Crippen LogP contribution in [0.4, 0.5) is 5.95 Å². The monoisotopic (exact) mass is 309 g/mol. The number of aliphatic hydroxyl groups is 1. The van der Waals surface area contributed by atoms with Crippen molar-refractivity contribution in [2.24, 2.45) is 5.92 Å². The fourth-order valence-electron chi connectivity index (χ4n) is 2.77. The number of nitrogen functional groups attached to an aromatic ring is 1. The van der Waals surface area contributed by atoms with Crippen LogP contribution in [-0.2, 0) is 4.74 Å². The quantitative estimate of drug-likeness (QED) is 0.760. The van der Waals surface area contributed by atoms with Crippen molar-refractivity contribution in [2.75, 3.05) is 12.3 Å². The summed E-state index contributed by atoms with van der Waals surface area (Å²) in [6.07, 6.45) is 0.246. The average molecular weight is 309 g/mol. The summed E-state index contributed by atoms with van der Waals surface area (Å²) >= 11 is 0. The third-order valence-corrected chi connectivity index (χ3v) is 3.66. The van der Waals surface area contributed by atoms with Crippen LogP contribution in [0, 0.1) is 12.8 Å². The second-order valence-electron chi connectivity index (χ2n) is 5.20. The van der Waals surface area contributed by atoms with Crippen molar-refractivity contribution >= 4 is 17.1 Å². The molecular formula is C14H23N5O3. The summed E-state index contributed by atoms with van der Waals surface area (Å²) in [6, 6.07) is 0. The minimum Gasteiger partial charge on any atom is -0.394 e. The Labute approximate surface area is 128 Å². The molecule has 0 aliphatic carbocycles. The van der Waals surface area contributed by atoms with Crippen LogP contribution in [0.5, 0.6) is 0 Å². The molecule has 1 aliphatic rings. The number of hydrogen-bond donors (Lipinski definition) is 3. The number of anilines is 1. The topological polar surface area (TPSA) is 119 Å². The number of aromatic nitrogens is 4. The highest BCUT2D eigenvalue weighted by Crippen LogP contribution is 2.36. The molecule has 0 bridgehead atoms. The van der Waals surface area contributed by atoms with Crippen molar-refractivity contribution in [3.05, 3.63) is 16.2 Å². The lowest BCUT2D eigenvalue weighted by Gasteiger charge is -2.19. The van der Waals surface area contributed by atoms with Gasteiger partial charge in [-0.05, 0) is 13.3 Å². The van der Waals surface area contributed by atoms with E-state index < -0.39 is 0 Å². The van der Waals surface area contributed by atoms with Crippen molar-refractivity contribution in [3.63, 3.8) is 0 Å². The van der Waals surface area contributed by atoms with Gasteiger partial charge in [-0.2, -0.15) is 4.98 Å². The highest BCUT2D eigenvalue weighted by atomic mass is 16.5. The first kappa shape index (κ1) is 16.4. The zero-order valence-electron chi connectivity index (χ0n) is 13.3. The van der Waals surface area contributed by atoms with E-state index in [1.807, 2.05) is 20.8 Å². The summed E-state index contributed by atoms with van der Waals surface area (Å²) in [5.74, 6) is 0.873. The molecule has 3 heterocycles. The maximum Gasteiger partial charge on any atom is 0.280 e. The van der Waals surface area contributed by atoms with Gasteiger partial charge >= 0.3 is 0 Å². The van der Waals surface area contributed by atoms with Gasteiger partial charge < -0.3 is 15.6 Å². The number of hydrogen-bond acceptors (Lipinski definition) is 6. The van der Waals surface area contributed by atoms with Crippen molar-refractivity contribution in [3.8, 4) is 0 Å². The number of imidazole rings is 1. The van der Waals surface area contributed by atoms with E-state index in [4.69, 9.17) is 10.5 Å². The summed E-state index contributed by atoms with van der Waals surface area (Å²) in [4.78, 5) is 22.7. The Bertz CT molecular complexity index is 708. The zero-order chi connectivity index (χ0) is 16.4. The maximum absolute atomic E-state index is 11.8. The lowest BCUT2D eigenvalue weighted by molar-refractivity contribution is -0.0303. The van der Waals surface area contributed by atoms with E-state index in [1.54, 1.807) is 11.5 Å². The average Bonchev–Trinajstić information content (AvgIpc) is 3.01. The molecule has 0 radical (unpaired) electrons. The van der Waals surface area contributed by atoms with Gasteiger partial charge in [-0.15, -0.1) is 0 Å². The Balaban J connectivity index is 0.000000847. The van der Waals surface area contributed by atoms with Gasteiger partial charge in [0.2, 0.25) is 5.95 Å².